The van der Waals surface area contributed by atoms with Gasteiger partial charge in [0.2, 0.25) is 0 Å². The van der Waals surface area contributed by atoms with Crippen molar-refractivity contribution in [1.29, 1.82) is 0 Å². The molecule has 0 saturated heterocycles. The second-order valence-electron chi connectivity index (χ2n) is 5.34. The van der Waals surface area contributed by atoms with Gasteiger partial charge in [0.1, 0.15) is 18.2 Å². The Morgan fingerprint density at radius 1 is 1.43 bits per heavy atom. The molecule has 2 aromatic rings. The number of nitrogens with one attached hydrogen (secondary N) is 1. The van der Waals surface area contributed by atoms with Crippen LogP contribution in [0.1, 0.15) is 30.0 Å². The van der Waals surface area contributed by atoms with Crippen molar-refractivity contribution >= 4 is 5.91 Å². The summed E-state index contributed by atoms with van der Waals surface area (Å²) >= 11 is 0. The number of nitrogens with zero attached hydrogens (tertiary/aromatic N) is 2. The second kappa shape index (κ2) is 7.73. The van der Waals surface area contributed by atoms with E-state index < -0.39 is 0 Å². The summed E-state index contributed by atoms with van der Waals surface area (Å²) in [7, 11) is 0. The number of amides is 1. The number of hydrogen-bond acceptors (Lipinski definition) is 4. The summed E-state index contributed by atoms with van der Waals surface area (Å²) in [6.45, 7) is 4.02. The molecular formula is C16H20FN3O3. The third kappa shape index (κ3) is 4.53. The molecule has 0 aliphatic heterocycles. The summed E-state index contributed by atoms with van der Waals surface area (Å²) in [6.07, 6.45) is 0. The number of hydrogen-bond donors (Lipinski definition) is 2. The van der Waals surface area contributed by atoms with E-state index in [0.717, 1.165) is 0 Å². The van der Waals surface area contributed by atoms with E-state index in [0.29, 0.717) is 11.4 Å². The normalized spacial score (nSPS) is 10.8. The third-order valence-corrected chi connectivity index (χ3v) is 3.27. The van der Waals surface area contributed by atoms with Gasteiger partial charge in [-0.15, -0.1) is 0 Å². The van der Waals surface area contributed by atoms with E-state index in [1.54, 1.807) is 18.2 Å². The van der Waals surface area contributed by atoms with E-state index in [4.69, 9.17) is 9.84 Å². The number of rotatable bonds is 7. The molecule has 2 N–H and O–H groups in total. The monoisotopic (exact) mass is 321 g/mol. The molecule has 2 rings (SSSR count). The zero-order chi connectivity index (χ0) is 16.8. The van der Waals surface area contributed by atoms with Gasteiger partial charge < -0.3 is 14.7 Å². The topological polar surface area (TPSA) is 78.5 Å². The van der Waals surface area contributed by atoms with Crippen LogP contribution < -0.4 is 4.74 Å². The number of aromatic nitrogens is 2. The Morgan fingerprint density at radius 2 is 2.22 bits per heavy atom. The predicted octanol–water partition coefficient (Wildman–Crippen LogP) is 1.97. The van der Waals surface area contributed by atoms with Gasteiger partial charge in [-0.2, -0.15) is 5.10 Å². The molecule has 124 valence electrons. The SMILES string of the molecule is CC(C)N(CCO)C(=O)c1cc(COc2cccc(F)c2)[nH]n1. The molecule has 0 fully saturated rings. The van der Waals surface area contributed by atoms with Gasteiger partial charge in [0, 0.05) is 18.7 Å². The first-order valence-electron chi connectivity index (χ1n) is 7.35. The fraction of sp³-hybridized carbons (Fsp3) is 0.375. The molecule has 1 aromatic carbocycles. The fourth-order valence-corrected chi connectivity index (χ4v) is 2.11. The molecule has 0 atom stereocenters. The number of H-pyrrole nitrogens is 1. The Hall–Kier alpha value is -2.41. The standard InChI is InChI=1S/C16H20FN3O3/c1-11(2)20(6-7-21)16(22)15-9-13(18-19-15)10-23-14-5-3-4-12(17)8-14/h3-5,8-9,11,21H,6-7,10H2,1-2H3,(H,18,19). The molecule has 23 heavy (non-hydrogen) atoms. The van der Waals surface area contributed by atoms with E-state index in [-0.39, 0.29) is 43.2 Å². The Balaban J connectivity index is 2.01. The number of carbonyl (C=O) groups excluding carboxylic acids is 1. The molecule has 0 radical (unpaired) electrons. The molecule has 0 unspecified atom stereocenters. The van der Waals surface area contributed by atoms with Gasteiger partial charge in [0.15, 0.2) is 5.69 Å². The van der Waals surface area contributed by atoms with Crippen LogP contribution in [0.5, 0.6) is 5.75 Å². The lowest BCUT2D eigenvalue weighted by Gasteiger charge is -2.24. The highest BCUT2D eigenvalue weighted by Crippen LogP contribution is 2.14. The lowest BCUT2D eigenvalue weighted by molar-refractivity contribution is 0.0659. The predicted molar refractivity (Wildman–Crippen MR) is 82.6 cm³/mol. The summed E-state index contributed by atoms with van der Waals surface area (Å²) < 4.78 is 18.5. The lowest BCUT2D eigenvalue weighted by atomic mass is 10.2. The van der Waals surface area contributed by atoms with Gasteiger partial charge in [-0.05, 0) is 32.0 Å². The number of halogens is 1. The van der Waals surface area contributed by atoms with Crippen LogP contribution in [0.15, 0.2) is 30.3 Å². The molecule has 0 aliphatic rings. The summed E-state index contributed by atoms with van der Waals surface area (Å²) in [5.74, 6) is -0.238. The average molecular weight is 321 g/mol. The molecule has 6 nitrogen and oxygen atoms in total. The van der Waals surface area contributed by atoms with Crippen LogP contribution >= 0.6 is 0 Å². The van der Waals surface area contributed by atoms with Crippen LogP contribution in [0.4, 0.5) is 4.39 Å². The second-order valence-corrected chi connectivity index (χ2v) is 5.34. The molecule has 0 bridgehead atoms. The van der Waals surface area contributed by atoms with E-state index in [1.165, 1.54) is 17.0 Å². The van der Waals surface area contributed by atoms with Crippen molar-refractivity contribution in [3.63, 3.8) is 0 Å². The molecule has 1 aromatic heterocycles. The minimum absolute atomic E-state index is 0.0432. The van der Waals surface area contributed by atoms with Crippen molar-refractivity contribution in [3.8, 4) is 5.75 Å². The van der Waals surface area contributed by atoms with Crippen LogP contribution in [-0.4, -0.2) is 45.3 Å². The number of aliphatic hydroxyl groups excluding tert-OH is 1. The summed E-state index contributed by atoms with van der Waals surface area (Å²) in [5.41, 5.74) is 0.857. The number of carbonyl (C=O) groups is 1. The van der Waals surface area contributed by atoms with Crippen molar-refractivity contribution in [2.75, 3.05) is 13.2 Å². The largest absolute Gasteiger partial charge is 0.487 e. The van der Waals surface area contributed by atoms with Crippen LogP contribution in [-0.2, 0) is 6.61 Å². The van der Waals surface area contributed by atoms with E-state index in [9.17, 15) is 9.18 Å². The van der Waals surface area contributed by atoms with Crippen molar-refractivity contribution in [1.82, 2.24) is 15.1 Å². The fourth-order valence-electron chi connectivity index (χ4n) is 2.11. The molecular weight excluding hydrogens is 301 g/mol. The quantitative estimate of drug-likeness (QED) is 0.817. The van der Waals surface area contributed by atoms with Crippen LogP contribution in [0.2, 0.25) is 0 Å². The average Bonchev–Trinajstić information content (AvgIpc) is 2.99. The Labute approximate surface area is 133 Å². The van der Waals surface area contributed by atoms with Gasteiger partial charge in [0.05, 0.1) is 12.3 Å². The van der Waals surface area contributed by atoms with Crippen LogP contribution in [0.25, 0.3) is 0 Å². The molecule has 1 heterocycles. The number of aromatic amines is 1. The number of benzene rings is 1. The van der Waals surface area contributed by atoms with Crippen molar-refractivity contribution in [3.05, 3.63) is 47.5 Å². The summed E-state index contributed by atoms with van der Waals surface area (Å²) in [6, 6.07) is 7.37. The van der Waals surface area contributed by atoms with Crippen molar-refractivity contribution in [2.24, 2.45) is 0 Å². The lowest BCUT2D eigenvalue weighted by Crippen LogP contribution is -2.39. The first-order valence-corrected chi connectivity index (χ1v) is 7.35. The van der Waals surface area contributed by atoms with E-state index >= 15 is 0 Å². The number of aliphatic hydroxyl groups is 1. The van der Waals surface area contributed by atoms with Gasteiger partial charge in [-0.25, -0.2) is 4.39 Å². The Morgan fingerprint density at radius 3 is 2.87 bits per heavy atom. The first-order chi connectivity index (χ1) is 11.0. The maximum atomic E-state index is 13.1. The zero-order valence-electron chi connectivity index (χ0n) is 13.1. The van der Waals surface area contributed by atoms with Gasteiger partial charge in [-0.1, -0.05) is 6.07 Å². The third-order valence-electron chi connectivity index (χ3n) is 3.27. The highest BCUT2D eigenvalue weighted by molar-refractivity contribution is 5.92. The Kier molecular flexibility index (Phi) is 5.70. The maximum Gasteiger partial charge on any atom is 0.274 e. The minimum atomic E-state index is -0.375. The van der Waals surface area contributed by atoms with Crippen LogP contribution in [0.3, 0.4) is 0 Å². The van der Waals surface area contributed by atoms with Gasteiger partial charge >= 0.3 is 0 Å². The Bertz CT molecular complexity index is 658. The zero-order valence-corrected chi connectivity index (χ0v) is 13.1. The van der Waals surface area contributed by atoms with Gasteiger partial charge in [-0.3, -0.25) is 9.89 Å². The smallest absolute Gasteiger partial charge is 0.274 e. The molecule has 0 saturated carbocycles. The molecule has 0 aliphatic carbocycles. The highest BCUT2D eigenvalue weighted by Gasteiger charge is 2.20. The first kappa shape index (κ1) is 17.0. The molecule has 1 amide bonds. The summed E-state index contributed by atoms with van der Waals surface area (Å²) in [4.78, 5) is 13.9. The van der Waals surface area contributed by atoms with E-state index in [1.807, 2.05) is 13.8 Å². The molecule has 7 heteroatoms. The maximum absolute atomic E-state index is 13.1. The minimum Gasteiger partial charge on any atom is -0.487 e. The van der Waals surface area contributed by atoms with Crippen LogP contribution in [0, 0.1) is 5.82 Å². The number of ether oxygens (including phenoxy) is 1. The molecule has 0 spiro atoms. The van der Waals surface area contributed by atoms with Crippen molar-refractivity contribution in [2.45, 2.75) is 26.5 Å². The van der Waals surface area contributed by atoms with Crippen molar-refractivity contribution < 1.29 is 19.0 Å². The summed E-state index contributed by atoms with van der Waals surface area (Å²) in [5, 5.41) is 15.8. The highest BCUT2D eigenvalue weighted by atomic mass is 19.1. The van der Waals surface area contributed by atoms with Gasteiger partial charge in [0.25, 0.3) is 5.91 Å². The van der Waals surface area contributed by atoms with E-state index in [2.05, 4.69) is 10.2 Å².